The van der Waals surface area contributed by atoms with Crippen LogP contribution in [0.3, 0.4) is 0 Å². The Kier molecular flexibility index (Phi) is 5.03. The molecule has 1 saturated heterocycles. The second-order valence-corrected chi connectivity index (χ2v) is 6.45. The van der Waals surface area contributed by atoms with Gasteiger partial charge >= 0.3 is 0 Å². The van der Waals surface area contributed by atoms with Gasteiger partial charge in [0.05, 0.1) is 0 Å². The fourth-order valence-corrected chi connectivity index (χ4v) is 3.01. The molecular formula is C17H19BrN2O3. The number of amides is 1. The number of carbonyl (C=O) groups excluding carboxylic acids is 1. The van der Waals surface area contributed by atoms with Crippen LogP contribution in [-0.4, -0.2) is 29.9 Å². The maximum atomic E-state index is 12.5. The maximum absolute atomic E-state index is 12.5. The Hall–Kier alpha value is -1.79. The summed E-state index contributed by atoms with van der Waals surface area (Å²) in [6.07, 6.45) is 1.95. The monoisotopic (exact) mass is 378 g/mol. The number of ether oxygens (including phenoxy) is 1. The summed E-state index contributed by atoms with van der Waals surface area (Å²) < 4.78 is 12.3. The quantitative estimate of drug-likeness (QED) is 0.867. The molecule has 1 fully saturated rings. The first kappa shape index (κ1) is 16.1. The molecule has 5 nitrogen and oxygen atoms in total. The zero-order chi connectivity index (χ0) is 16.2. The average Bonchev–Trinajstić information content (AvgIpc) is 3.23. The first-order valence-electron chi connectivity index (χ1n) is 7.65. The number of rotatable bonds is 5. The van der Waals surface area contributed by atoms with E-state index in [0.717, 1.165) is 29.6 Å². The van der Waals surface area contributed by atoms with Crippen molar-refractivity contribution in [1.82, 2.24) is 4.90 Å². The molecule has 6 heteroatoms. The third-order valence-electron chi connectivity index (χ3n) is 3.98. The summed E-state index contributed by atoms with van der Waals surface area (Å²) in [5.74, 6) is 1.63. The summed E-state index contributed by atoms with van der Waals surface area (Å²) in [6, 6.07) is 11.2. The summed E-state index contributed by atoms with van der Waals surface area (Å²) in [4.78, 5) is 14.3. The predicted octanol–water partition coefficient (Wildman–Crippen LogP) is 3.18. The van der Waals surface area contributed by atoms with Crippen LogP contribution in [0, 0.1) is 0 Å². The predicted molar refractivity (Wildman–Crippen MR) is 90.3 cm³/mol. The molecule has 1 amide bonds. The Labute approximate surface area is 143 Å². The van der Waals surface area contributed by atoms with Crippen LogP contribution in [0.15, 0.2) is 45.3 Å². The number of hydrogen-bond donors (Lipinski definition) is 1. The van der Waals surface area contributed by atoms with Crippen LogP contribution in [0.5, 0.6) is 5.75 Å². The van der Waals surface area contributed by atoms with Crippen molar-refractivity contribution in [2.24, 2.45) is 5.73 Å². The molecule has 0 radical (unpaired) electrons. The number of nitrogens with zero attached hydrogens (tertiary/aromatic N) is 1. The first-order chi connectivity index (χ1) is 11.2. The van der Waals surface area contributed by atoms with E-state index in [1.165, 1.54) is 0 Å². The van der Waals surface area contributed by atoms with Gasteiger partial charge in [-0.05, 0) is 49.2 Å². The molecule has 1 atom stereocenters. The van der Waals surface area contributed by atoms with E-state index in [9.17, 15) is 4.79 Å². The molecule has 1 aromatic heterocycles. The van der Waals surface area contributed by atoms with Gasteiger partial charge in [0.2, 0.25) is 0 Å². The van der Waals surface area contributed by atoms with Crippen molar-refractivity contribution in [3.63, 3.8) is 0 Å². The molecule has 2 N–H and O–H groups in total. The molecule has 0 bridgehead atoms. The van der Waals surface area contributed by atoms with Crippen LogP contribution in [0.2, 0.25) is 0 Å². The van der Waals surface area contributed by atoms with E-state index in [2.05, 4.69) is 15.9 Å². The molecule has 1 aliphatic rings. The largest absolute Gasteiger partial charge is 0.486 e. The SMILES string of the molecule is NCC1CCCN1C(=O)c1ccc(COc2ccc(Br)cc2)o1. The highest BCUT2D eigenvalue weighted by Gasteiger charge is 2.29. The molecule has 1 aliphatic heterocycles. The van der Waals surface area contributed by atoms with Gasteiger partial charge in [0.25, 0.3) is 5.91 Å². The van der Waals surface area contributed by atoms with Crippen molar-refractivity contribution in [2.75, 3.05) is 13.1 Å². The molecule has 23 heavy (non-hydrogen) atoms. The van der Waals surface area contributed by atoms with Gasteiger partial charge in [-0.3, -0.25) is 4.79 Å². The minimum atomic E-state index is -0.0900. The van der Waals surface area contributed by atoms with Gasteiger partial charge in [-0.1, -0.05) is 15.9 Å². The summed E-state index contributed by atoms with van der Waals surface area (Å²) >= 11 is 3.38. The number of carbonyl (C=O) groups is 1. The van der Waals surface area contributed by atoms with E-state index in [0.29, 0.717) is 18.1 Å². The van der Waals surface area contributed by atoms with Crippen LogP contribution < -0.4 is 10.5 Å². The van der Waals surface area contributed by atoms with Crippen molar-refractivity contribution in [1.29, 1.82) is 0 Å². The van der Waals surface area contributed by atoms with Crippen molar-refractivity contribution < 1.29 is 13.9 Å². The summed E-state index contributed by atoms with van der Waals surface area (Å²) in [5, 5.41) is 0. The lowest BCUT2D eigenvalue weighted by Crippen LogP contribution is -2.39. The zero-order valence-corrected chi connectivity index (χ0v) is 14.3. The Morgan fingerprint density at radius 1 is 1.30 bits per heavy atom. The highest BCUT2D eigenvalue weighted by molar-refractivity contribution is 9.10. The number of hydrogen-bond acceptors (Lipinski definition) is 4. The Morgan fingerprint density at radius 3 is 2.83 bits per heavy atom. The Bertz CT molecular complexity index is 669. The van der Waals surface area contributed by atoms with E-state index in [-0.39, 0.29) is 18.6 Å². The number of nitrogens with two attached hydrogens (primary N) is 1. The van der Waals surface area contributed by atoms with Crippen molar-refractivity contribution in [3.8, 4) is 5.75 Å². The molecule has 1 unspecified atom stereocenters. The second kappa shape index (κ2) is 7.19. The van der Waals surface area contributed by atoms with Gasteiger partial charge < -0.3 is 19.8 Å². The van der Waals surface area contributed by atoms with E-state index in [4.69, 9.17) is 14.9 Å². The van der Waals surface area contributed by atoms with Gasteiger partial charge in [-0.25, -0.2) is 0 Å². The molecule has 1 aromatic carbocycles. The van der Waals surface area contributed by atoms with Crippen molar-refractivity contribution in [3.05, 3.63) is 52.4 Å². The molecule has 0 aliphatic carbocycles. The van der Waals surface area contributed by atoms with Crippen LogP contribution in [0.25, 0.3) is 0 Å². The lowest BCUT2D eigenvalue weighted by Gasteiger charge is -2.22. The van der Waals surface area contributed by atoms with Gasteiger partial charge in [-0.2, -0.15) is 0 Å². The molecule has 0 saturated carbocycles. The summed E-state index contributed by atoms with van der Waals surface area (Å²) in [6.45, 7) is 1.52. The first-order valence-corrected chi connectivity index (χ1v) is 8.45. The van der Waals surface area contributed by atoms with E-state index in [1.807, 2.05) is 24.3 Å². The van der Waals surface area contributed by atoms with Gasteiger partial charge in [0, 0.05) is 23.6 Å². The van der Waals surface area contributed by atoms with E-state index >= 15 is 0 Å². The number of halogens is 1. The fourth-order valence-electron chi connectivity index (χ4n) is 2.75. The minimum Gasteiger partial charge on any atom is -0.486 e. The van der Waals surface area contributed by atoms with Crippen LogP contribution in [-0.2, 0) is 6.61 Å². The Balaban J connectivity index is 1.61. The van der Waals surface area contributed by atoms with E-state index < -0.39 is 0 Å². The number of benzene rings is 1. The molecular weight excluding hydrogens is 360 g/mol. The van der Waals surface area contributed by atoms with Crippen molar-refractivity contribution in [2.45, 2.75) is 25.5 Å². The second-order valence-electron chi connectivity index (χ2n) is 5.54. The normalized spacial score (nSPS) is 17.5. The highest BCUT2D eigenvalue weighted by atomic mass is 79.9. The number of furan rings is 1. The molecule has 2 heterocycles. The lowest BCUT2D eigenvalue weighted by molar-refractivity contribution is 0.0705. The highest BCUT2D eigenvalue weighted by Crippen LogP contribution is 2.22. The topological polar surface area (TPSA) is 68.7 Å². The summed E-state index contributed by atoms with van der Waals surface area (Å²) in [5.41, 5.74) is 5.72. The molecule has 122 valence electrons. The zero-order valence-electron chi connectivity index (χ0n) is 12.7. The fraction of sp³-hybridized carbons (Fsp3) is 0.353. The van der Waals surface area contributed by atoms with Crippen LogP contribution in [0.1, 0.15) is 29.2 Å². The lowest BCUT2D eigenvalue weighted by atomic mass is 10.2. The van der Waals surface area contributed by atoms with E-state index in [1.54, 1.807) is 17.0 Å². The smallest absolute Gasteiger partial charge is 0.289 e. The molecule has 2 aromatic rings. The molecule has 3 rings (SSSR count). The molecule has 0 spiro atoms. The standard InChI is InChI=1S/C17H19BrN2O3/c18-12-3-5-14(6-4-12)22-11-15-7-8-16(23-15)17(21)20-9-1-2-13(20)10-19/h3-8,13H,1-2,9-11,19H2. The Morgan fingerprint density at radius 2 is 2.09 bits per heavy atom. The maximum Gasteiger partial charge on any atom is 0.289 e. The van der Waals surface area contributed by atoms with Crippen LogP contribution in [0.4, 0.5) is 0 Å². The van der Waals surface area contributed by atoms with Gasteiger partial charge in [-0.15, -0.1) is 0 Å². The average molecular weight is 379 g/mol. The third kappa shape index (κ3) is 3.76. The van der Waals surface area contributed by atoms with Gasteiger partial charge in [0.1, 0.15) is 18.1 Å². The third-order valence-corrected chi connectivity index (χ3v) is 4.51. The summed E-state index contributed by atoms with van der Waals surface area (Å²) in [7, 11) is 0. The number of likely N-dealkylation sites (tertiary alicyclic amines) is 1. The van der Waals surface area contributed by atoms with Crippen molar-refractivity contribution >= 4 is 21.8 Å². The van der Waals surface area contributed by atoms with Gasteiger partial charge in [0.15, 0.2) is 5.76 Å². The van der Waals surface area contributed by atoms with Crippen LogP contribution >= 0.6 is 15.9 Å². The minimum absolute atomic E-state index is 0.0900.